The van der Waals surface area contributed by atoms with Crippen LogP contribution in [0.15, 0.2) is 24.3 Å². The summed E-state index contributed by atoms with van der Waals surface area (Å²) in [5, 5.41) is 10.5. The fourth-order valence-electron chi connectivity index (χ4n) is 3.49. The van der Waals surface area contributed by atoms with Crippen molar-refractivity contribution in [2.75, 3.05) is 45.8 Å². The molecular weight excluding hydrogens is 401 g/mol. The molecule has 1 N–H and O–H groups in total. The van der Waals surface area contributed by atoms with Crippen molar-refractivity contribution in [3.63, 3.8) is 0 Å². The van der Waals surface area contributed by atoms with Crippen LogP contribution in [0.2, 0.25) is 10.0 Å². The maximum absolute atomic E-state index is 12.5. The average Bonchev–Trinajstić information content (AvgIpc) is 3.00. The minimum absolute atomic E-state index is 0.0727. The Morgan fingerprint density at radius 1 is 1.14 bits per heavy atom. The number of carbonyl (C=O) groups excluding carboxylic acids is 2. The molecule has 0 bridgehead atoms. The molecule has 0 spiro atoms. The highest BCUT2D eigenvalue weighted by atomic mass is 35.5. The van der Waals surface area contributed by atoms with Crippen LogP contribution >= 0.6 is 23.2 Å². The van der Waals surface area contributed by atoms with Crippen LogP contribution in [0.4, 0.5) is 0 Å². The summed E-state index contributed by atoms with van der Waals surface area (Å²) in [6.07, 6.45) is 4.07. The van der Waals surface area contributed by atoms with E-state index < -0.39 is 0 Å². The van der Waals surface area contributed by atoms with Crippen LogP contribution < -0.4 is 0 Å². The molecule has 1 aromatic carbocycles. The van der Waals surface area contributed by atoms with E-state index >= 15 is 0 Å². The SMILES string of the molecule is O=C(/C=C/c1ccc(Cl)c(Cl)c1)N1CCC(=O)N(CCN2CC[C@@H](O)C2)CC1. The van der Waals surface area contributed by atoms with Gasteiger partial charge in [-0.1, -0.05) is 29.3 Å². The van der Waals surface area contributed by atoms with Crippen molar-refractivity contribution in [2.45, 2.75) is 18.9 Å². The van der Waals surface area contributed by atoms with Crippen molar-refractivity contribution in [1.29, 1.82) is 0 Å². The maximum Gasteiger partial charge on any atom is 0.246 e. The van der Waals surface area contributed by atoms with Crippen molar-refractivity contribution in [1.82, 2.24) is 14.7 Å². The molecule has 2 aliphatic rings. The first kappa shape index (κ1) is 21.1. The molecule has 2 amide bonds. The lowest BCUT2D eigenvalue weighted by Gasteiger charge is -2.24. The molecule has 2 aliphatic heterocycles. The van der Waals surface area contributed by atoms with Gasteiger partial charge in [-0.3, -0.25) is 14.5 Å². The van der Waals surface area contributed by atoms with Crippen LogP contribution in [0, 0.1) is 0 Å². The summed E-state index contributed by atoms with van der Waals surface area (Å²) in [5.74, 6) is -0.0492. The van der Waals surface area contributed by atoms with Crippen LogP contribution in [0.5, 0.6) is 0 Å². The van der Waals surface area contributed by atoms with E-state index in [1.54, 1.807) is 29.2 Å². The number of rotatable bonds is 5. The Kier molecular flexibility index (Phi) is 7.35. The second-order valence-corrected chi connectivity index (χ2v) is 8.02. The number of hydrogen-bond donors (Lipinski definition) is 1. The number of aliphatic hydroxyl groups excluding tert-OH is 1. The second kappa shape index (κ2) is 9.74. The Balaban J connectivity index is 1.51. The molecule has 28 heavy (non-hydrogen) atoms. The molecule has 2 heterocycles. The lowest BCUT2D eigenvalue weighted by atomic mass is 10.2. The lowest BCUT2D eigenvalue weighted by Crippen LogP contribution is -2.39. The molecule has 0 saturated carbocycles. The topological polar surface area (TPSA) is 64.1 Å². The maximum atomic E-state index is 12.5. The van der Waals surface area contributed by atoms with Crippen molar-refractivity contribution < 1.29 is 14.7 Å². The molecule has 3 rings (SSSR count). The van der Waals surface area contributed by atoms with Gasteiger partial charge in [0, 0.05) is 58.3 Å². The zero-order valence-electron chi connectivity index (χ0n) is 15.7. The molecule has 6 nitrogen and oxygen atoms in total. The van der Waals surface area contributed by atoms with E-state index in [0.29, 0.717) is 49.2 Å². The first-order valence-electron chi connectivity index (χ1n) is 9.52. The summed E-state index contributed by atoms with van der Waals surface area (Å²) in [6, 6.07) is 5.19. The Morgan fingerprint density at radius 2 is 1.96 bits per heavy atom. The molecule has 0 aromatic heterocycles. The van der Waals surface area contributed by atoms with Crippen molar-refractivity contribution in [3.8, 4) is 0 Å². The highest BCUT2D eigenvalue weighted by Crippen LogP contribution is 2.23. The zero-order chi connectivity index (χ0) is 20.1. The number of amides is 2. The standard InChI is InChI=1S/C20H25Cl2N3O3/c21-17-3-1-15(13-18(17)22)2-4-19(27)24-8-6-20(28)25(12-11-24)10-9-23-7-5-16(26)14-23/h1-4,13,16,26H,5-12,14H2/b4-2+/t16-/m1/s1. The molecule has 2 fully saturated rings. The number of carbonyl (C=O) groups is 2. The fraction of sp³-hybridized carbons (Fsp3) is 0.500. The third kappa shape index (κ3) is 5.70. The minimum Gasteiger partial charge on any atom is -0.392 e. The van der Waals surface area contributed by atoms with E-state index in [0.717, 1.165) is 25.1 Å². The molecule has 0 radical (unpaired) electrons. The third-order valence-electron chi connectivity index (χ3n) is 5.20. The number of aliphatic hydroxyl groups is 1. The van der Waals surface area contributed by atoms with Crippen LogP contribution in [-0.4, -0.2) is 83.5 Å². The predicted octanol–water partition coefficient (Wildman–Crippen LogP) is 2.13. The summed E-state index contributed by atoms with van der Waals surface area (Å²) >= 11 is 11.9. The average molecular weight is 426 g/mol. The quantitative estimate of drug-likeness (QED) is 0.733. The first-order valence-corrected chi connectivity index (χ1v) is 10.3. The Labute approximate surface area is 175 Å². The number of halogens is 2. The van der Waals surface area contributed by atoms with E-state index in [9.17, 15) is 14.7 Å². The van der Waals surface area contributed by atoms with Gasteiger partial charge in [0.05, 0.1) is 16.1 Å². The van der Waals surface area contributed by atoms with Crippen molar-refractivity contribution in [2.24, 2.45) is 0 Å². The van der Waals surface area contributed by atoms with Crippen LogP contribution in [0.25, 0.3) is 6.08 Å². The molecule has 0 aliphatic carbocycles. The number of likely N-dealkylation sites (tertiary alicyclic amines) is 1. The monoisotopic (exact) mass is 425 g/mol. The largest absolute Gasteiger partial charge is 0.392 e. The molecule has 0 unspecified atom stereocenters. The second-order valence-electron chi connectivity index (χ2n) is 7.21. The van der Waals surface area contributed by atoms with Gasteiger partial charge in [-0.15, -0.1) is 0 Å². The van der Waals surface area contributed by atoms with Gasteiger partial charge < -0.3 is 14.9 Å². The van der Waals surface area contributed by atoms with Crippen LogP contribution in [-0.2, 0) is 9.59 Å². The summed E-state index contributed by atoms with van der Waals surface area (Å²) in [7, 11) is 0. The van der Waals surface area contributed by atoms with Crippen molar-refractivity contribution in [3.05, 3.63) is 39.9 Å². The van der Waals surface area contributed by atoms with E-state index in [4.69, 9.17) is 23.2 Å². The number of hydrogen-bond acceptors (Lipinski definition) is 4. The molecular formula is C20H25Cl2N3O3. The lowest BCUT2D eigenvalue weighted by molar-refractivity contribution is -0.130. The molecule has 152 valence electrons. The number of β-amino-alcohol motifs (C(OH)–C–C–N with tert-alkyl or cyclic N) is 1. The fourth-order valence-corrected chi connectivity index (χ4v) is 3.80. The van der Waals surface area contributed by atoms with Gasteiger partial charge in [0.1, 0.15) is 0 Å². The van der Waals surface area contributed by atoms with Crippen LogP contribution in [0.3, 0.4) is 0 Å². The van der Waals surface area contributed by atoms with Crippen LogP contribution in [0.1, 0.15) is 18.4 Å². The summed E-state index contributed by atoms with van der Waals surface area (Å²) in [5.41, 5.74) is 0.795. The van der Waals surface area contributed by atoms with E-state index in [1.807, 2.05) is 4.90 Å². The van der Waals surface area contributed by atoms with Crippen molar-refractivity contribution >= 4 is 41.1 Å². The van der Waals surface area contributed by atoms with Gasteiger partial charge in [-0.2, -0.15) is 0 Å². The summed E-state index contributed by atoms with van der Waals surface area (Å²) < 4.78 is 0. The zero-order valence-corrected chi connectivity index (χ0v) is 17.2. The van der Waals surface area contributed by atoms with Gasteiger partial charge in [0.25, 0.3) is 0 Å². The van der Waals surface area contributed by atoms with Gasteiger partial charge >= 0.3 is 0 Å². The van der Waals surface area contributed by atoms with Gasteiger partial charge in [0.15, 0.2) is 0 Å². The van der Waals surface area contributed by atoms with Gasteiger partial charge in [-0.25, -0.2) is 0 Å². The van der Waals surface area contributed by atoms with Gasteiger partial charge in [0.2, 0.25) is 11.8 Å². The minimum atomic E-state index is -0.254. The molecule has 1 atom stereocenters. The Hall–Kier alpha value is -1.60. The Bertz CT molecular complexity index is 756. The predicted molar refractivity (Wildman–Crippen MR) is 110 cm³/mol. The van der Waals surface area contributed by atoms with E-state index in [2.05, 4.69) is 4.90 Å². The van der Waals surface area contributed by atoms with E-state index in [1.165, 1.54) is 6.08 Å². The highest BCUT2D eigenvalue weighted by Gasteiger charge is 2.25. The Morgan fingerprint density at radius 3 is 2.68 bits per heavy atom. The summed E-state index contributed by atoms with van der Waals surface area (Å²) in [6.45, 7) is 4.39. The summed E-state index contributed by atoms with van der Waals surface area (Å²) in [4.78, 5) is 30.6. The third-order valence-corrected chi connectivity index (χ3v) is 5.93. The first-order chi connectivity index (χ1) is 13.4. The van der Waals surface area contributed by atoms with E-state index in [-0.39, 0.29) is 17.9 Å². The normalized spacial score (nSPS) is 21.5. The molecule has 1 aromatic rings. The number of nitrogens with zero attached hydrogens (tertiary/aromatic N) is 3. The molecule has 2 saturated heterocycles. The number of benzene rings is 1. The van der Waals surface area contributed by atoms with Gasteiger partial charge in [-0.05, 0) is 30.2 Å². The smallest absolute Gasteiger partial charge is 0.246 e. The highest BCUT2D eigenvalue weighted by molar-refractivity contribution is 6.42. The molecule has 8 heteroatoms.